The lowest BCUT2D eigenvalue weighted by Gasteiger charge is -2.18. The predicted octanol–water partition coefficient (Wildman–Crippen LogP) is 4.65. The van der Waals surface area contributed by atoms with Gasteiger partial charge in [-0.3, -0.25) is 9.59 Å². The second-order valence-corrected chi connectivity index (χ2v) is 8.20. The predicted molar refractivity (Wildman–Crippen MR) is 121 cm³/mol. The molecule has 2 aromatic carbocycles. The van der Waals surface area contributed by atoms with Crippen molar-refractivity contribution < 1.29 is 18.8 Å². The highest BCUT2D eigenvalue weighted by Gasteiger charge is 2.16. The zero-order valence-electron chi connectivity index (χ0n) is 17.9. The standard InChI is InChI=1S/C23H24BrN3O4/c1-14-11-18(24)7-10-21(14)25-22(28)12-27(4)23(29)17-5-8-19(9-6-17)30-13-20-15(2)26-31-16(20)3/h5-11H,12-13H2,1-4H3,(H,25,28). The quantitative estimate of drug-likeness (QED) is 0.526. The maximum Gasteiger partial charge on any atom is 0.254 e. The average Bonchev–Trinajstić information content (AvgIpc) is 3.05. The summed E-state index contributed by atoms with van der Waals surface area (Å²) in [5.74, 6) is 0.839. The smallest absolute Gasteiger partial charge is 0.254 e. The van der Waals surface area contributed by atoms with Crippen LogP contribution in [0.2, 0.25) is 0 Å². The van der Waals surface area contributed by atoms with Crippen LogP contribution in [0.15, 0.2) is 51.5 Å². The number of carbonyl (C=O) groups is 2. The van der Waals surface area contributed by atoms with Crippen LogP contribution in [0.1, 0.15) is 32.9 Å². The number of hydrogen-bond donors (Lipinski definition) is 1. The summed E-state index contributed by atoms with van der Waals surface area (Å²) in [5.41, 5.74) is 3.83. The lowest BCUT2D eigenvalue weighted by Crippen LogP contribution is -2.35. The first kappa shape index (κ1) is 22.6. The topological polar surface area (TPSA) is 84.7 Å². The van der Waals surface area contributed by atoms with Gasteiger partial charge < -0.3 is 19.5 Å². The van der Waals surface area contributed by atoms with Gasteiger partial charge in [-0.2, -0.15) is 0 Å². The number of aromatic nitrogens is 1. The van der Waals surface area contributed by atoms with Crippen molar-refractivity contribution in [2.45, 2.75) is 27.4 Å². The van der Waals surface area contributed by atoms with Crippen LogP contribution in [0.5, 0.6) is 5.75 Å². The molecule has 0 aliphatic carbocycles. The average molecular weight is 486 g/mol. The Morgan fingerprint density at radius 3 is 2.45 bits per heavy atom. The minimum Gasteiger partial charge on any atom is -0.489 e. The van der Waals surface area contributed by atoms with Crippen LogP contribution in [0.25, 0.3) is 0 Å². The molecule has 0 fully saturated rings. The molecule has 0 atom stereocenters. The molecule has 0 spiro atoms. The summed E-state index contributed by atoms with van der Waals surface area (Å²) >= 11 is 3.40. The minimum absolute atomic E-state index is 0.0569. The SMILES string of the molecule is Cc1cc(Br)ccc1NC(=O)CN(C)C(=O)c1ccc(OCc2c(C)noc2C)cc1. The summed E-state index contributed by atoms with van der Waals surface area (Å²) < 4.78 is 11.8. The molecule has 0 aliphatic heterocycles. The third kappa shape index (κ3) is 5.73. The molecule has 0 bridgehead atoms. The lowest BCUT2D eigenvalue weighted by molar-refractivity contribution is -0.116. The number of anilines is 1. The number of halogens is 1. The van der Waals surface area contributed by atoms with Gasteiger partial charge in [0.25, 0.3) is 5.91 Å². The molecule has 162 valence electrons. The summed E-state index contributed by atoms with van der Waals surface area (Å²) in [5, 5.41) is 6.74. The Hall–Kier alpha value is -3.13. The van der Waals surface area contributed by atoms with E-state index in [1.54, 1.807) is 31.3 Å². The van der Waals surface area contributed by atoms with Crippen molar-refractivity contribution >= 4 is 33.4 Å². The zero-order chi connectivity index (χ0) is 22.5. The molecule has 0 saturated carbocycles. The van der Waals surface area contributed by atoms with E-state index in [-0.39, 0.29) is 18.4 Å². The largest absolute Gasteiger partial charge is 0.489 e. The molecule has 0 unspecified atom stereocenters. The van der Waals surface area contributed by atoms with E-state index in [2.05, 4.69) is 26.4 Å². The Bertz CT molecular complexity index is 1070. The van der Waals surface area contributed by atoms with E-state index in [0.29, 0.717) is 23.6 Å². The van der Waals surface area contributed by atoms with E-state index in [4.69, 9.17) is 9.26 Å². The number of nitrogens with one attached hydrogen (secondary N) is 1. The molecule has 1 aromatic heterocycles. The van der Waals surface area contributed by atoms with Crippen LogP contribution < -0.4 is 10.1 Å². The van der Waals surface area contributed by atoms with Gasteiger partial charge >= 0.3 is 0 Å². The monoisotopic (exact) mass is 485 g/mol. The molecule has 0 saturated heterocycles. The second-order valence-electron chi connectivity index (χ2n) is 7.28. The number of rotatable bonds is 7. The van der Waals surface area contributed by atoms with Gasteiger partial charge in [0, 0.05) is 22.8 Å². The van der Waals surface area contributed by atoms with E-state index in [9.17, 15) is 9.59 Å². The molecule has 7 nitrogen and oxygen atoms in total. The molecule has 3 rings (SSSR count). The number of hydrogen-bond acceptors (Lipinski definition) is 5. The number of aryl methyl sites for hydroxylation is 3. The highest BCUT2D eigenvalue weighted by molar-refractivity contribution is 9.10. The number of ether oxygens (including phenoxy) is 1. The van der Waals surface area contributed by atoms with Gasteiger partial charge in [0.15, 0.2) is 0 Å². The molecule has 1 heterocycles. The summed E-state index contributed by atoms with van der Waals surface area (Å²) in [7, 11) is 1.60. The first-order chi connectivity index (χ1) is 14.7. The van der Waals surface area contributed by atoms with E-state index in [1.165, 1.54) is 4.90 Å². The van der Waals surface area contributed by atoms with Gasteiger partial charge in [0.2, 0.25) is 5.91 Å². The highest BCUT2D eigenvalue weighted by Crippen LogP contribution is 2.21. The van der Waals surface area contributed by atoms with Crippen LogP contribution in [-0.4, -0.2) is 35.5 Å². The maximum atomic E-state index is 12.7. The summed E-state index contributed by atoms with van der Waals surface area (Å²) in [6.07, 6.45) is 0. The number of benzene rings is 2. The molecular formula is C23H24BrN3O4. The number of carbonyl (C=O) groups excluding carboxylic acids is 2. The maximum absolute atomic E-state index is 12.7. The number of likely N-dealkylation sites (N-methyl/N-ethyl adjacent to an activating group) is 1. The van der Waals surface area contributed by atoms with E-state index >= 15 is 0 Å². The minimum atomic E-state index is -0.263. The van der Waals surface area contributed by atoms with E-state index < -0.39 is 0 Å². The third-order valence-electron chi connectivity index (χ3n) is 4.86. The summed E-state index contributed by atoms with van der Waals surface area (Å²) in [4.78, 5) is 26.4. The van der Waals surface area contributed by atoms with Gasteiger partial charge in [-0.15, -0.1) is 0 Å². The first-order valence-corrected chi connectivity index (χ1v) is 10.5. The molecule has 3 aromatic rings. The zero-order valence-corrected chi connectivity index (χ0v) is 19.4. The van der Waals surface area contributed by atoms with E-state index in [0.717, 1.165) is 27.1 Å². The van der Waals surface area contributed by atoms with Crippen molar-refractivity contribution in [2.24, 2.45) is 0 Å². The fourth-order valence-corrected chi connectivity index (χ4v) is 3.50. The Morgan fingerprint density at radius 2 is 1.84 bits per heavy atom. The summed E-state index contributed by atoms with van der Waals surface area (Å²) in [6.45, 7) is 5.89. The van der Waals surface area contributed by atoms with Crippen LogP contribution in [0.3, 0.4) is 0 Å². The fourth-order valence-electron chi connectivity index (χ4n) is 3.02. The van der Waals surface area contributed by atoms with Crippen LogP contribution >= 0.6 is 15.9 Å². The van der Waals surface area contributed by atoms with Crippen molar-refractivity contribution in [1.82, 2.24) is 10.1 Å². The van der Waals surface area contributed by atoms with Crippen molar-refractivity contribution in [3.63, 3.8) is 0 Å². The van der Waals surface area contributed by atoms with Crippen molar-refractivity contribution in [1.29, 1.82) is 0 Å². The molecule has 1 N–H and O–H groups in total. The first-order valence-electron chi connectivity index (χ1n) is 9.70. The fraction of sp³-hybridized carbons (Fsp3) is 0.261. The third-order valence-corrected chi connectivity index (χ3v) is 5.35. The van der Waals surface area contributed by atoms with Crippen LogP contribution in [0.4, 0.5) is 5.69 Å². The Kier molecular flexibility index (Phi) is 7.12. The van der Waals surface area contributed by atoms with Crippen LogP contribution in [-0.2, 0) is 11.4 Å². The van der Waals surface area contributed by atoms with Crippen molar-refractivity contribution in [3.8, 4) is 5.75 Å². The molecule has 2 amide bonds. The van der Waals surface area contributed by atoms with Crippen molar-refractivity contribution in [3.05, 3.63) is 75.1 Å². The molecule has 0 radical (unpaired) electrons. The number of amides is 2. The van der Waals surface area contributed by atoms with Gasteiger partial charge in [0.05, 0.1) is 17.8 Å². The van der Waals surface area contributed by atoms with Crippen molar-refractivity contribution in [2.75, 3.05) is 18.9 Å². The Balaban J connectivity index is 1.55. The van der Waals surface area contributed by atoms with Crippen LogP contribution in [0, 0.1) is 20.8 Å². The highest BCUT2D eigenvalue weighted by atomic mass is 79.9. The second kappa shape index (κ2) is 9.78. The van der Waals surface area contributed by atoms with E-state index in [1.807, 2.05) is 39.0 Å². The lowest BCUT2D eigenvalue weighted by atomic mass is 10.2. The number of nitrogens with zero attached hydrogens (tertiary/aromatic N) is 2. The van der Waals surface area contributed by atoms with Gasteiger partial charge in [0.1, 0.15) is 18.1 Å². The Morgan fingerprint density at radius 1 is 1.13 bits per heavy atom. The van der Waals surface area contributed by atoms with Gasteiger partial charge in [-0.25, -0.2) is 0 Å². The normalized spacial score (nSPS) is 10.6. The molecule has 31 heavy (non-hydrogen) atoms. The molecule has 8 heteroatoms. The molecular weight excluding hydrogens is 462 g/mol. The van der Waals surface area contributed by atoms with Gasteiger partial charge in [-0.05, 0) is 68.8 Å². The summed E-state index contributed by atoms with van der Waals surface area (Å²) in [6, 6.07) is 12.4. The molecule has 0 aliphatic rings. The Labute approximate surface area is 189 Å². The van der Waals surface area contributed by atoms with Gasteiger partial charge in [-0.1, -0.05) is 21.1 Å².